The average Bonchev–Trinajstić information content (AvgIpc) is 2.72. The Bertz CT molecular complexity index is 985. The lowest BCUT2D eigenvalue weighted by atomic mass is 10.2. The van der Waals surface area contributed by atoms with Crippen LogP contribution in [0.4, 0.5) is 5.69 Å². The van der Waals surface area contributed by atoms with Crippen LogP contribution >= 0.6 is 0 Å². The van der Waals surface area contributed by atoms with Crippen LogP contribution in [0.2, 0.25) is 0 Å². The highest BCUT2D eigenvalue weighted by atomic mass is 16.5. The molecule has 0 radical (unpaired) electrons. The number of hydrogen-bond donors (Lipinski definition) is 1. The average molecular weight is 341 g/mol. The van der Waals surface area contributed by atoms with Crippen molar-refractivity contribution in [2.24, 2.45) is 0 Å². The SMILES string of the molecule is c1cncc(CNc2ccc(OCc3ccc4ccccc4n3)cc2)c1. The van der Waals surface area contributed by atoms with E-state index in [9.17, 15) is 0 Å². The number of ether oxygens (including phenoxy) is 1. The number of rotatable bonds is 6. The van der Waals surface area contributed by atoms with Crippen LogP contribution in [-0.4, -0.2) is 9.97 Å². The molecule has 128 valence electrons. The van der Waals surface area contributed by atoms with Crippen LogP contribution in [0.1, 0.15) is 11.3 Å². The Kier molecular flexibility index (Phi) is 4.74. The third kappa shape index (κ3) is 3.98. The highest BCUT2D eigenvalue weighted by Gasteiger charge is 2.01. The Balaban J connectivity index is 1.34. The van der Waals surface area contributed by atoms with E-state index in [2.05, 4.69) is 27.4 Å². The summed E-state index contributed by atoms with van der Waals surface area (Å²) in [6, 6.07) is 24.1. The lowest BCUT2D eigenvalue weighted by molar-refractivity contribution is 0.302. The first-order valence-electron chi connectivity index (χ1n) is 8.57. The minimum absolute atomic E-state index is 0.452. The molecule has 2 aromatic carbocycles. The Morgan fingerprint density at radius 1 is 0.846 bits per heavy atom. The summed E-state index contributed by atoms with van der Waals surface area (Å²) in [6.45, 7) is 1.20. The molecule has 0 atom stereocenters. The molecule has 0 aliphatic heterocycles. The lowest BCUT2D eigenvalue weighted by Gasteiger charge is -2.09. The summed E-state index contributed by atoms with van der Waals surface area (Å²) in [5, 5.41) is 4.51. The molecule has 0 saturated heterocycles. The lowest BCUT2D eigenvalue weighted by Crippen LogP contribution is -2.00. The number of para-hydroxylation sites is 1. The number of anilines is 1. The maximum absolute atomic E-state index is 5.86. The van der Waals surface area contributed by atoms with Gasteiger partial charge in [0.25, 0.3) is 0 Å². The molecule has 0 aliphatic carbocycles. The molecule has 0 fully saturated rings. The van der Waals surface area contributed by atoms with E-state index < -0.39 is 0 Å². The Morgan fingerprint density at radius 3 is 2.58 bits per heavy atom. The molecule has 0 spiro atoms. The molecular weight excluding hydrogens is 322 g/mol. The van der Waals surface area contributed by atoms with Gasteiger partial charge >= 0.3 is 0 Å². The van der Waals surface area contributed by atoms with Gasteiger partial charge in [-0.2, -0.15) is 0 Å². The van der Waals surface area contributed by atoms with Gasteiger partial charge in [0, 0.05) is 30.0 Å². The summed E-state index contributed by atoms with van der Waals surface area (Å²) in [4.78, 5) is 8.74. The number of aromatic nitrogens is 2. The summed E-state index contributed by atoms with van der Waals surface area (Å²) < 4.78 is 5.86. The highest BCUT2D eigenvalue weighted by Crippen LogP contribution is 2.18. The van der Waals surface area contributed by atoms with Gasteiger partial charge in [-0.15, -0.1) is 0 Å². The fourth-order valence-electron chi connectivity index (χ4n) is 2.72. The van der Waals surface area contributed by atoms with E-state index in [1.54, 1.807) is 6.20 Å². The predicted molar refractivity (Wildman–Crippen MR) is 104 cm³/mol. The molecule has 2 aromatic heterocycles. The van der Waals surface area contributed by atoms with Gasteiger partial charge in [0.1, 0.15) is 12.4 Å². The normalized spacial score (nSPS) is 10.6. The fraction of sp³-hybridized carbons (Fsp3) is 0.0909. The van der Waals surface area contributed by atoms with Crippen LogP contribution in [0, 0.1) is 0 Å². The summed E-state index contributed by atoms with van der Waals surface area (Å²) in [7, 11) is 0. The first kappa shape index (κ1) is 16.1. The van der Waals surface area contributed by atoms with E-state index in [0.717, 1.165) is 40.1 Å². The first-order valence-corrected chi connectivity index (χ1v) is 8.57. The molecule has 0 unspecified atom stereocenters. The minimum Gasteiger partial charge on any atom is -0.487 e. The van der Waals surface area contributed by atoms with Crippen molar-refractivity contribution in [3.05, 3.63) is 96.4 Å². The third-order valence-electron chi connectivity index (χ3n) is 4.12. The number of fused-ring (bicyclic) bond motifs is 1. The zero-order valence-corrected chi connectivity index (χ0v) is 14.3. The topological polar surface area (TPSA) is 47.0 Å². The number of benzene rings is 2. The molecule has 4 rings (SSSR count). The third-order valence-corrected chi connectivity index (χ3v) is 4.12. The smallest absolute Gasteiger partial charge is 0.130 e. The van der Waals surface area contributed by atoms with Crippen LogP contribution in [0.3, 0.4) is 0 Å². The van der Waals surface area contributed by atoms with Crippen molar-refractivity contribution < 1.29 is 4.74 Å². The second-order valence-electron chi connectivity index (χ2n) is 6.02. The molecule has 0 saturated carbocycles. The monoisotopic (exact) mass is 341 g/mol. The quantitative estimate of drug-likeness (QED) is 0.546. The van der Waals surface area contributed by atoms with Crippen molar-refractivity contribution in [2.45, 2.75) is 13.2 Å². The zero-order chi connectivity index (χ0) is 17.6. The van der Waals surface area contributed by atoms with E-state index in [1.807, 2.05) is 66.9 Å². The van der Waals surface area contributed by atoms with Crippen LogP contribution in [-0.2, 0) is 13.2 Å². The van der Waals surface area contributed by atoms with Gasteiger partial charge in [0.05, 0.1) is 11.2 Å². The molecule has 0 bridgehead atoms. The van der Waals surface area contributed by atoms with Crippen molar-refractivity contribution in [1.82, 2.24) is 9.97 Å². The highest BCUT2D eigenvalue weighted by molar-refractivity contribution is 5.78. The molecule has 0 amide bonds. The summed E-state index contributed by atoms with van der Waals surface area (Å²) in [6.07, 6.45) is 3.64. The summed E-state index contributed by atoms with van der Waals surface area (Å²) >= 11 is 0. The largest absolute Gasteiger partial charge is 0.487 e. The van der Waals surface area contributed by atoms with Gasteiger partial charge in [-0.3, -0.25) is 4.98 Å². The molecule has 2 heterocycles. The first-order chi connectivity index (χ1) is 12.9. The van der Waals surface area contributed by atoms with Crippen molar-refractivity contribution in [3.8, 4) is 5.75 Å². The van der Waals surface area contributed by atoms with E-state index >= 15 is 0 Å². The standard InChI is InChI=1S/C22H19N3O/c1-2-6-22-18(5-1)7-8-20(25-22)16-26-21-11-9-19(10-12-21)24-15-17-4-3-13-23-14-17/h1-14,24H,15-16H2. The number of hydrogen-bond acceptors (Lipinski definition) is 4. The van der Waals surface area contributed by atoms with Gasteiger partial charge in [0.2, 0.25) is 0 Å². The van der Waals surface area contributed by atoms with Crippen LogP contribution in [0.25, 0.3) is 10.9 Å². The van der Waals surface area contributed by atoms with E-state index in [1.165, 1.54) is 0 Å². The molecule has 0 aliphatic rings. The van der Waals surface area contributed by atoms with Crippen LogP contribution in [0.15, 0.2) is 85.2 Å². The predicted octanol–water partition coefficient (Wildman–Crippen LogP) is 4.82. The Hall–Kier alpha value is -3.40. The van der Waals surface area contributed by atoms with Crippen molar-refractivity contribution >= 4 is 16.6 Å². The molecule has 4 heteroatoms. The number of pyridine rings is 2. The van der Waals surface area contributed by atoms with Crippen LogP contribution < -0.4 is 10.1 Å². The van der Waals surface area contributed by atoms with E-state index in [-0.39, 0.29) is 0 Å². The second kappa shape index (κ2) is 7.66. The number of nitrogens with zero attached hydrogens (tertiary/aromatic N) is 2. The summed E-state index contributed by atoms with van der Waals surface area (Å²) in [5.74, 6) is 0.826. The van der Waals surface area contributed by atoms with Crippen LogP contribution in [0.5, 0.6) is 5.75 Å². The number of nitrogens with one attached hydrogen (secondary N) is 1. The van der Waals surface area contributed by atoms with Gasteiger partial charge in [-0.05, 0) is 48.0 Å². The molecule has 4 aromatic rings. The maximum atomic E-state index is 5.86. The van der Waals surface area contributed by atoms with Crippen molar-refractivity contribution in [1.29, 1.82) is 0 Å². The van der Waals surface area contributed by atoms with Gasteiger partial charge in [0.15, 0.2) is 0 Å². The maximum Gasteiger partial charge on any atom is 0.130 e. The molecular formula is C22H19N3O. The molecule has 4 nitrogen and oxygen atoms in total. The van der Waals surface area contributed by atoms with E-state index in [0.29, 0.717) is 6.61 Å². The summed E-state index contributed by atoms with van der Waals surface area (Å²) in [5.41, 5.74) is 4.10. The van der Waals surface area contributed by atoms with Gasteiger partial charge in [-0.25, -0.2) is 4.98 Å². The van der Waals surface area contributed by atoms with Gasteiger partial charge in [-0.1, -0.05) is 30.3 Å². The second-order valence-corrected chi connectivity index (χ2v) is 6.02. The zero-order valence-electron chi connectivity index (χ0n) is 14.3. The molecule has 1 N–H and O–H groups in total. The minimum atomic E-state index is 0.452. The van der Waals surface area contributed by atoms with Crippen molar-refractivity contribution in [2.75, 3.05) is 5.32 Å². The fourth-order valence-corrected chi connectivity index (χ4v) is 2.72. The Labute approximate surface area is 152 Å². The van der Waals surface area contributed by atoms with E-state index in [4.69, 9.17) is 4.74 Å². The van der Waals surface area contributed by atoms with Gasteiger partial charge < -0.3 is 10.1 Å². The molecule has 26 heavy (non-hydrogen) atoms. The Morgan fingerprint density at radius 2 is 1.73 bits per heavy atom. The van der Waals surface area contributed by atoms with Crippen molar-refractivity contribution in [3.63, 3.8) is 0 Å².